The van der Waals surface area contributed by atoms with Crippen LogP contribution in [-0.2, 0) is 9.59 Å². The molecule has 0 saturated carbocycles. The van der Waals surface area contributed by atoms with Crippen LogP contribution in [0.3, 0.4) is 0 Å². The lowest BCUT2D eigenvalue weighted by molar-refractivity contribution is -0.121. The van der Waals surface area contributed by atoms with E-state index in [0.717, 1.165) is 0 Å². The second-order valence-electron chi connectivity index (χ2n) is 7.47. The minimum absolute atomic E-state index is 0.0435. The Bertz CT molecular complexity index is 957. The fourth-order valence-corrected chi connectivity index (χ4v) is 2.98. The summed E-state index contributed by atoms with van der Waals surface area (Å²) in [5.41, 5.74) is 6.28. The SMILES string of the molecule is CCOc1cc(C=NNC(=O)CCCCCC(=O)NN=Cc2ccc(O)c(OCC)c2)ccc1O. The van der Waals surface area contributed by atoms with E-state index in [4.69, 9.17) is 9.47 Å². The van der Waals surface area contributed by atoms with Crippen molar-refractivity contribution < 1.29 is 29.3 Å². The molecule has 2 aromatic rings. The number of hydrogen-bond acceptors (Lipinski definition) is 8. The van der Waals surface area contributed by atoms with Gasteiger partial charge in [-0.3, -0.25) is 9.59 Å². The molecule has 0 atom stereocenters. The van der Waals surface area contributed by atoms with Crippen LogP contribution in [0.1, 0.15) is 57.1 Å². The van der Waals surface area contributed by atoms with E-state index in [9.17, 15) is 19.8 Å². The molecule has 2 rings (SSSR count). The molecule has 188 valence electrons. The van der Waals surface area contributed by atoms with Gasteiger partial charge in [0.25, 0.3) is 0 Å². The first-order chi connectivity index (χ1) is 16.9. The van der Waals surface area contributed by atoms with E-state index in [2.05, 4.69) is 21.1 Å². The molecule has 0 aromatic heterocycles. The average molecular weight is 485 g/mol. The molecule has 0 unspecified atom stereocenters. The molecule has 2 aromatic carbocycles. The summed E-state index contributed by atoms with van der Waals surface area (Å²) < 4.78 is 10.6. The second-order valence-corrected chi connectivity index (χ2v) is 7.47. The zero-order valence-corrected chi connectivity index (χ0v) is 20.0. The molecule has 0 heterocycles. The summed E-state index contributed by atoms with van der Waals surface area (Å²) in [4.78, 5) is 23.8. The zero-order chi connectivity index (χ0) is 25.5. The van der Waals surface area contributed by atoms with Crippen molar-refractivity contribution in [3.05, 3.63) is 47.5 Å². The lowest BCUT2D eigenvalue weighted by Crippen LogP contribution is -2.18. The van der Waals surface area contributed by atoms with Gasteiger partial charge in [0.15, 0.2) is 23.0 Å². The first-order valence-corrected chi connectivity index (χ1v) is 11.5. The Morgan fingerprint density at radius 1 is 0.771 bits per heavy atom. The fraction of sp³-hybridized carbons (Fsp3) is 0.360. The summed E-state index contributed by atoms with van der Waals surface area (Å²) in [5.74, 6) is 0.352. The lowest BCUT2D eigenvalue weighted by Gasteiger charge is -2.06. The fourth-order valence-electron chi connectivity index (χ4n) is 2.98. The summed E-state index contributed by atoms with van der Waals surface area (Å²) in [5, 5.41) is 27.2. The molecule has 0 aliphatic carbocycles. The van der Waals surface area contributed by atoms with Crippen LogP contribution in [0.4, 0.5) is 0 Å². The third kappa shape index (κ3) is 10.2. The standard InChI is InChI=1S/C25H32N4O6/c1-3-34-22-14-18(10-12-20(22)30)16-26-28-24(32)8-6-5-7-9-25(33)29-27-17-19-11-13-21(31)23(15-19)35-4-2/h10-17,30-31H,3-9H2,1-2H3,(H,28,32)(H,29,33). The third-order valence-corrected chi connectivity index (χ3v) is 4.68. The Morgan fingerprint density at radius 3 is 1.60 bits per heavy atom. The number of phenolic OH excluding ortho intramolecular Hbond substituents is 2. The molecule has 35 heavy (non-hydrogen) atoms. The van der Waals surface area contributed by atoms with Crippen molar-refractivity contribution >= 4 is 24.2 Å². The molecule has 0 bridgehead atoms. The maximum Gasteiger partial charge on any atom is 0.240 e. The summed E-state index contributed by atoms with van der Waals surface area (Å²) in [7, 11) is 0. The monoisotopic (exact) mass is 484 g/mol. The maximum atomic E-state index is 11.9. The smallest absolute Gasteiger partial charge is 0.240 e. The molecule has 0 aliphatic heterocycles. The predicted molar refractivity (Wildman–Crippen MR) is 133 cm³/mol. The van der Waals surface area contributed by atoms with Crippen LogP contribution in [0.5, 0.6) is 23.0 Å². The second kappa shape index (κ2) is 14.9. The van der Waals surface area contributed by atoms with Crippen LogP contribution < -0.4 is 20.3 Å². The number of unbranched alkanes of at least 4 members (excludes halogenated alkanes) is 2. The molecule has 0 saturated heterocycles. The van der Waals surface area contributed by atoms with Gasteiger partial charge < -0.3 is 19.7 Å². The maximum absolute atomic E-state index is 11.9. The first-order valence-electron chi connectivity index (χ1n) is 11.5. The molecule has 4 N–H and O–H groups in total. The molecule has 10 heteroatoms. The number of hydrazone groups is 2. The van der Waals surface area contributed by atoms with Crippen LogP contribution in [0.15, 0.2) is 46.6 Å². The van der Waals surface area contributed by atoms with Crippen molar-refractivity contribution in [3.63, 3.8) is 0 Å². The van der Waals surface area contributed by atoms with Crippen molar-refractivity contribution in [1.82, 2.24) is 10.9 Å². The van der Waals surface area contributed by atoms with E-state index in [1.54, 1.807) is 24.3 Å². The number of benzene rings is 2. The Balaban J connectivity index is 1.61. The highest BCUT2D eigenvalue weighted by Crippen LogP contribution is 2.26. The van der Waals surface area contributed by atoms with Crippen LogP contribution in [0.25, 0.3) is 0 Å². The summed E-state index contributed by atoms with van der Waals surface area (Å²) in [6.07, 6.45) is 5.49. The lowest BCUT2D eigenvalue weighted by atomic mass is 10.1. The van der Waals surface area contributed by atoms with E-state index in [0.29, 0.717) is 67.9 Å². The minimum atomic E-state index is -0.223. The van der Waals surface area contributed by atoms with E-state index >= 15 is 0 Å². The molecular weight excluding hydrogens is 452 g/mol. The van der Waals surface area contributed by atoms with E-state index < -0.39 is 0 Å². The van der Waals surface area contributed by atoms with Crippen LogP contribution >= 0.6 is 0 Å². The Morgan fingerprint density at radius 2 is 1.20 bits per heavy atom. The number of nitrogens with zero attached hydrogens (tertiary/aromatic N) is 2. The van der Waals surface area contributed by atoms with Gasteiger partial charge in [0.2, 0.25) is 11.8 Å². The van der Waals surface area contributed by atoms with Crippen molar-refractivity contribution in [3.8, 4) is 23.0 Å². The number of carbonyl (C=O) groups excluding carboxylic acids is 2. The average Bonchev–Trinajstić information content (AvgIpc) is 2.83. The number of nitrogens with one attached hydrogen (secondary N) is 2. The number of carbonyl (C=O) groups is 2. The van der Waals surface area contributed by atoms with Crippen molar-refractivity contribution in [2.75, 3.05) is 13.2 Å². The van der Waals surface area contributed by atoms with E-state index in [-0.39, 0.29) is 23.3 Å². The summed E-state index contributed by atoms with van der Waals surface area (Å²) in [6.45, 7) is 4.49. The molecule has 0 aliphatic rings. The molecule has 10 nitrogen and oxygen atoms in total. The van der Waals surface area contributed by atoms with E-state index in [1.165, 1.54) is 24.6 Å². The van der Waals surface area contributed by atoms with Gasteiger partial charge in [0.1, 0.15) is 0 Å². The zero-order valence-electron chi connectivity index (χ0n) is 20.0. The van der Waals surface area contributed by atoms with Crippen LogP contribution in [0.2, 0.25) is 0 Å². The number of ether oxygens (including phenoxy) is 2. The largest absolute Gasteiger partial charge is 0.504 e. The minimum Gasteiger partial charge on any atom is -0.504 e. The van der Waals surface area contributed by atoms with Crippen molar-refractivity contribution in [2.45, 2.75) is 46.0 Å². The molecular formula is C25H32N4O6. The van der Waals surface area contributed by atoms with Gasteiger partial charge in [-0.1, -0.05) is 6.42 Å². The van der Waals surface area contributed by atoms with Gasteiger partial charge in [-0.15, -0.1) is 0 Å². The van der Waals surface area contributed by atoms with Gasteiger partial charge in [-0.25, -0.2) is 10.9 Å². The van der Waals surface area contributed by atoms with Gasteiger partial charge >= 0.3 is 0 Å². The summed E-state index contributed by atoms with van der Waals surface area (Å²) >= 11 is 0. The van der Waals surface area contributed by atoms with Crippen molar-refractivity contribution in [2.24, 2.45) is 10.2 Å². The first kappa shape index (κ1) is 27.2. The molecule has 2 amide bonds. The number of hydrogen-bond donors (Lipinski definition) is 4. The Kier molecular flexibility index (Phi) is 11.6. The number of phenols is 2. The predicted octanol–water partition coefficient (Wildman–Crippen LogP) is 3.45. The normalized spacial score (nSPS) is 11.0. The Hall–Kier alpha value is -4.08. The van der Waals surface area contributed by atoms with Crippen molar-refractivity contribution in [1.29, 1.82) is 0 Å². The molecule has 0 fully saturated rings. The number of rotatable bonds is 14. The van der Waals surface area contributed by atoms with Gasteiger partial charge in [0, 0.05) is 12.8 Å². The molecule has 0 radical (unpaired) electrons. The highest BCUT2D eigenvalue weighted by molar-refractivity contribution is 5.84. The highest BCUT2D eigenvalue weighted by Gasteiger charge is 2.05. The quantitative estimate of drug-likeness (QED) is 0.184. The van der Waals surface area contributed by atoms with Gasteiger partial charge in [-0.2, -0.15) is 10.2 Å². The highest BCUT2D eigenvalue weighted by atomic mass is 16.5. The van der Waals surface area contributed by atoms with Gasteiger partial charge in [-0.05, 0) is 74.2 Å². The number of aromatic hydroxyl groups is 2. The van der Waals surface area contributed by atoms with Crippen LogP contribution in [-0.4, -0.2) is 47.7 Å². The van der Waals surface area contributed by atoms with Crippen LogP contribution in [0, 0.1) is 0 Å². The topological polar surface area (TPSA) is 142 Å². The van der Waals surface area contributed by atoms with E-state index in [1.807, 2.05) is 13.8 Å². The number of amides is 2. The van der Waals surface area contributed by atoms with Gasteiger partial charge in [0.05, 0.1) is 25.6 Å². The molecule has 0 spiro atoms. The Labute approximate surface area is 204 Å². The third-order valence-electron chi connectivity index (χ3n) is 4.68. The summed E-state index contributed by atoms with van der Waals surface area (Å²) in [6, 6.07) is 9.58.